The van der Waals surface area contributed by atoms with Crippen LogP contribution < -0.4 is 10.2 Å². The van der Waals surface area contributed by atoms with Crippen molar-refractivity contribution < 1.29 is 23.1 Å². The van der Waals surface area contributed by atoms with Gasteiger partial charge in [0.15, 0.2) is 17.5 Å². The Hall–Kier alpha value is -2.01. The van der Waals surface area contributed by atoms with Gasteiger partial charge in [-0.25, -0.2) is 18.0 Å². The molecule has 0 spiro atoms. The van der Waals surface area contributed by atoms with Gasteiger partial charge in [0.1, 0.15) is 11.3 Å². The SMILES string of the molecule is Cc1cc(I)ccc1Nc1c(F)c(N2CCN(C)CC2)c(F)c(F)c1C(=O)O. The van der Waals surface area contributed by atoms with Gasteiger partial charge in [-0.2, -0.15) is 0 Å². The molecular formula is C19H19F3IN3O2. The van der Waals surface area contributed by atoms with Crippen LogP contribution in [0.5, 0.6) is 0 Å². The van der Waals surface area contributed by atoms with Crippen LogP contribution in [0, 0.1) is 27.9 Å². The number of likely N-dealkylation sites (N-methyl/N-ethyl adjacent to an activating group) is 1. The van der Waals surface area contributed by atoms with Crippen LogP contribution in [0.3, 0.4) is 0 Å². The summed E-state index contributed by atoms with van der Waals surface area (Å²) in [7, 11) is 1.88. The number of hydrogen-bond donors (Lipinski definition) is 2. The molecule has 2 aromatic carbocycles. The fourth-order valence-corrected chi connectivity index (χ4v) is 3.82. The lowest BCUT2D eigenvalue weighted by atomic mass is 10.1. The van der Waals surface area contributed by atoms with Crippen LogP contribution in [0.4, 0.5) is 30.2 Å². The van der Waals surface area contributed by atoms with Crippen molar-refractivity contribution in [3.8, 4) is 0 Å². The highest BCUT2D eigenvalue weighted by Crippen LogP contribution is 2.37. The third-order valence-corrected chi connectivity index (χ3v) is 5.45. The highest BCUT2D eigenvalue weighted by Gasteiger charge is 2.32. The smallest absolute Gasteiger partial charge is 0.341 e. The number of carboxylic acids is 1. The van der Waals surface area contributed by atoms with Crippen LogP contribution in [0.1, 0.15) is 15.9 Å². The summed E-state index contributed by atoms with van der Waals surface area (Å²) in [6, 6.07) is 5.19. The fraction of sp³-hybridized carbons (Fsp3) is 0.316. The first kappa shape index (κ1) is 20.7. The molecule has 0 radical (unpaired) electrons. The van der Waals surface area contributed by atoms with E-state index < -0.39 is 40.4 Å². The minimum absolute atomic E-state index is 0.304. The second-order valence-corrected chi connectivity index (χ2v) is 7.97. The Morgan fingerprint density at radius 1 is 1.11 bits per heavy atom. The largest absolute Gasteiger partial charge is 0.478 e. The molecule has 0 amide bonds. The lowest BCUT2D eigenvalue weighted by Crippen LogP contribution is -2.45. The van der Waals surface area contributed by atoms with Crippen molar-refractivity contribution in [2.45, 2.75) is 6.92 Å². The van der Waals surface area contributed by atoms with Crippen molar-refractivity contribution in [2.75, 3.05) is 43.4 Å². The molecule has 0 atom stereocenters. The van der Waals surface area contributed by atoms with E-state index >= 15 is 4.39 Å². The highest BCUT2D eigenvalue weighted by atomic mass is 127. The molecule has 5 nitrogen and oxygen atoms in total. The van der Waals surface area contributed by atoms with Crippen LogP contribution in [0.25, 0.3) is 0 Å². The zero-order valence-corrected chi connectivity index (χ0v) is 17.5. The average molecular weight is 505 g/mol. The number of nitrogens with one attached hydrogen (secondary N) is 1. The minimum Gasteiger partial charge on any atom is -0.478 e. The number of carbonyl (C=O) groups is 1. The topological polar surface area (TPSA) is 55.8 Å². The van der Waals surface area contributed by atoms with Gasteiger partial charge < -0.3 is 20.2 Å². The van der Waals surface area contributed by atoms with Gasteiger partial charge in [0.25, 0.3) is 0 Å². The van der Waals surface area contributed by atoms with Gasteiger partial charge in [0.05, 0.1) is 5.69 Å². The zero-order chi connectivity index (χ0) is 20.6. The van der Waals surface area contributed by atoms with Gasteiger partial charge in [-0.15, -0.1) is 0 Å². The van der Waals surface area contributed by atoms with E-state index in [9.17, 15) is 18.7 Å². The molecule has 3 rings (SSSR count). The molecular weight excluding hydrogens is 486 g/mol. The average Bonchev–Trinajstić information content (AvgIpc) is 2.63. The first-order chi connectivity index (χ1) is 13.2. The number of nitrogens with zero attached hydrogens (tertiary/aromatic N) is 2. The predicted molar refractivity (Wildman–Crippen MR) is 110 cm³/mol. The van der Waals surface area contributed by atoms with Crippen LogP contribution in [0.2, 0.25) is 0 Å². The monoisotopic (exact) mass is 505 g/mol. The lowest BCUT2D eigenvalue weighted by molar-refractivity contribution is 0.0691. The van der Waals surface area contributed by atoms with Crippen molar-refractivity contribution >= 4 is 45.6 Å². The molecule has 9 heteroatoms. The summed E-state index contributed by atoms with van der Waals surface area (Å²) < 4.78 is 45.6. The Morgan fingerprint density at radius 2 is 1.75 bits per heavy atom. The van der Waals surface area contributed by atoms with Crippen molar-refractivity contribution in [1.82, 2.24) is 4.90 Å². The summed E-state index contributed by atoms with van der Waals surface area (Å²) in [5.74, 6) is -5.91. The van der Waals surface area contributed by atoms with E-state index in [2.05, 4.69) is 27.9 Å². The zero-order valence-electron chi connectivity index (χ0n) is 15.3. The van der Waals surface area contributed by atoms with Gasteiger partial charge >= 0.3 is 5.97 Å². The summed E-state index contributed by atoms with van der Waals surface area (Å²) >= 11 is 2.11. The highest BCUT2D eigenvalue weighted by molar-refractivity contribution is 14.1. The molecule has 1 aliphatic heterocycles. The number of halogens is 4. The van der Waals surface area contributed by atoms with Crippen molar-refractivity contribution in [3.63, 3.8) is 0 Å². The molecule has 28 heavy (non-hydrogen) atoms. The minimum atomic E-state index is -1.74. The van der Waals surface area contributed by atoms with E-state index in [1.807, 2.05) is 18.0 Å². The van der Waals surface area contributed by atoms with E-state index in [0.29, 0.717) is 37.4 Å². The molecule has 1 heterocycles. The van der Waals surface area contributed by atoms with Gasteiger partial charge in [-0.1, -0.05) is 0 Å². The molecule has 0 saturated carbocycles. The number of anilines is 3. The number of aromatic carboxylic acids is 1. The Labute approximate surface area is 174 Å². The Balaban J connectivity index is 2.15. The molecule has 0 aromatic heterocycles. The molecule has 0 unspecified atom stereocenters. The summed E-state index contributed by atoms with van der Waals surface area (Å²) in [6.07, 6.45) is 0. The molecule has 1 fully saturated rings. The first-order valence-electron chi connectivity index (χ1n) is 8.61. The second-order valence-electron chi connectivity index (χ2n) is 6.72. The maximum atomic E-state index is 15.3. The van der Waals surface area contributed by atoms with Crippen LogP contribution in [-0.4, -0.2) is 49.2 Å². The van der Waals surface area contributed by atoms with Gasteiger partial charge in [-0.3, -0.25) is 0 Å². The molecule has 1 aliphatic rings. The number of piperazine rings is 1. The molecule has 2 N–H and O–H groups in total. The third-order valence-electron chi connectivity index (χ3n) is 4.78. The quantitative estimate of drug-likeness (QED) is 0.482. The molecule has 0 bridgehead atoms. The van der Waals surface area contributed by atoms with E-state index in [0.717, 1.165) is 3.57 Å². The van der Waals surface area contributed by atoms with E-state index in [4.69, 9.17) is 0 Å². The normalized spacial score (nSPS) is 15.0. The van der Waals surface area contributed by atoms with E-state index in [1.54, 1.807) is 19.1 Å². The first-order valence-corrected chi connectivity index (χ1v) is 9.69. The Bertz CT molecular complexity index is 931. The summed E-state index contributed by atoms with van der Waals surface area (Å²) in [4.78, 5) is 15.0. The van der Waals surface area contributed by atoms with Crippen molar-refractivity contribution in [2.24, 2.45) is 0 Å². The summed E-state index contributed by atoms with van der Waals surface area (Å²) in [5, 5.41) is 12.1. The number of hydrogen-bond acceptors (Lipinski definition) is 4. The second kappa shape index (κ2) is 8.16. The maximum absolute atomic E-state index is 15.3. The number of benzene rings is 2. The standard InChI is InChI=1S/C19H19F3IN3O2/c1-10-9-11(23)3-4-12(10)24-17-13(19(27)28)14(20)15(21)18(16(17)22)26-7-5-25(2)6-8-26/h3-4,9,24H,5-8H2,1-2H3,(H,27,28). The Morgan fingerprint density at radius 3 is 2.32 bits per heavy atom. The third kappa shape index (κ3) is 3.90. The number of carboxylic acid groups (broad SMARTS) is 1. The molecule has 0 aliphatic carbocycles. The maximum Gasteiger partial charge on any atom is 0.341 e. The molecule has 150 valence electrons. The Kier molecular flexibility index (Phi) is 6.04. The summed E-state index contributed by atoms with van der Waals surface area (Å²) in [6.45, 7) is 3.47. The van der Waals surface area contributed by atoms with Crippen molar-refractivity contribution in [3.05, 3.63) is 50.3 Å². The fourth-order valence-electron chi connectivity index (χ4n) is 3.18. The molecule has 2 aromatic rings. The van der Waals surface area contributed by atoms with E-state index in [1.165, 1.54) is 4.90 Å². The predicted octanol–water partition coefficient (Wildman–Crippen LogP) is 4.21. The lowest BCUT2D eigenvalue weighted by Gasteiger charge is -2.35. The van der Waals surface area contributed by atoms with E-state index in [-0.39, 0.29) is 0 Å². The number of rotatable bonds is 4. The van der Waals surface area contributed by atoms with Crippen LogP contribution in [-0.2, 0) is 0 Å². The molecule has 1 saturated heterocycles. The van der Waals surface area contributed by atoms with Gasteiger partial charge in [0, 0.05) is 35.4 Å². The van der Waals surface area contributed by atoms with Crippen molar-refractivity contribution in [1.29, 1.82) is 0 Å². The van der Waals surface area contributed by atoms with Gasteiger partial charge in [0.2, 0.25) is 0 Å². The van der Waals surface area contributed by atoms with Gasteiger partial charge in [-0.05, 0) is 60.3 Å². The number of aryl methyl sites for hydroxylation is 1. The van der Waals surface area contributed by atoms with Crippen LogP contribution >= 0.6 is 22.6 Å². The van der Waals surface area contributed by atoms with Crippen LogP contribution in [0.15, 0.2) is 18.2 Å². The summed E-state index contributed by atoms with van der Waals surface area (Å²) in [5.41, 5.74) is -1.04.